The fraction of sp³-hybridized carbons (Fsp3) is 1.00. The summed E-state index contributed by atoms with van der Waals surface area (Å²) in [6.45, 7) is 5.84. The van der Waals surface area contributed by atoms with Crippen LogP contribution in [0.5, 0.6) is 0 Å². The lowest BCUT2D eigenvalue weighted by Crippen LogP contribution is -2.55. The van der Waals surface area contributed by atoms with Gasteiger partial charge in [0.15, 0.2) is 0 Å². The first-order chi connectivity index (χ1) is 8.43. The lowest BCUT2D eigenvalue weighted by molar-refractivity contribution is 0.207. The Morgan fingerprint density at radius 2 is 1.79 bits per heavy atom. The second kappa shape index (κ2) is 6.72. The number of hydrogen-bond acceptors (Lipinski definition) is 3. The molecule has 3 unspecified atom stereocenters. The number of hydrogen-bond donors (Lipinski definition) is 1. The summed E-state index contributed by atoms with van der Waals surface area (Å²) in [6, 6.07) is 0.268. The first kappa shape index (κ1) is 17.2. The Hall–Kier alpha value is 0.120. The molecule has 2 N–H and O–H groups in total. The van der Waals surface area contributed by atoms with Gasteiger partial charge in [-0.2, -0.15) is 17.0 Å². The van der Waals surface area contributed by atoms with Crippen LogP contribution >= 0.6 is 12.4 Å². The number of nitrogens with zero attached hydrogens (tertiary/aromatic N) is 2. The Labute approximate surface area is 123 Å². The van der Waals surface area contributed by atoms with E-state index in [2.05, 4.69) is 0 Å². The van der Waals surface area contributed by atoms with Crippen molar-refractivity contribution in [3.05, 3.63) is 0 Å². The van der Waals surface area contributed by atoms with E-state index < -0.39 is 10.2 Å². The average molecular weight is 312 g/mol. The molecule has 7 heteroatoms. The molecule has 0 aromatic rings. The number of nitrogens with two attached hydrogens (primary N) is 1. The molecule has 2 saturated heterocycles. The van der Waals surface area contributed by atoms with Crippen LogP contribution in [-0.2, 0) is 10.2 Å². The standard InChI is InChI=1S/C12H25N3O2S.ClH/c1-10-9-14(8-6-12(10)13)18(16,17)15-7-4-3-5-11(15)2;/h10-12H,3-9,13H2,1-2H3;1H. The van der Waals surface area contributed by atoms with E-state index in [0.717, 1.165) is 25.7 Å². The molecule has 0 saturated carbocycles. The van der Waals surface area contributed by atoms with Crippen LogP contribution in [0.15, 0.2) is 0 Å². The van der Waals surface area contributed by atoms with E-state index in [9.17, 15) is 8.42 Å². The SMILES string of the molecule is CC1CN(S(=O)(=O)N2CCCCC2C)CCC1N.Cl. The van der Waals surface area contributed by atoms with Gasteiger partial charge in [0.2, 0.25) is 0 Å². The molecule has 3 atom stereocenters. The van der Waals surface area contributed by atoms with Gasteiger partial charge in [-0.05, 0) is 32.1 Å². The monoisotopic (exact) mass is 311 g/mol. The lowest BCUT2D eigenvalue weighted by atomic mass is 9.96. The van der Waals surface area contributed by atoms with E-state index in [1.807, 2.05) is 13.8 Å². The third-order valence-electron chi connectivity index (χ3n) is 4.30. The summed E-state index contributed by atoms with van der Waals surface area (Å²) in [5, 5.41) is 0. The number of rotatable bonds is 2. The highest BCUT2D eigenvalue weighted by atomic mass is 35.5. The van der Waals surface area contributed by atoms with Crippen LogP contribution in [0, 0.1) is 5.92 Å². The van der Waals surface area contributed by atoms with Crippen molar-refractivity contribution < 1.29 is 8.42 Å². The van der Waals surface area contributed by atoms with Crippen molar-refractivity contribution >= 4 is 22.6 Å². The summed E-state index contributed by atoms with van der Waals surface area (Å²) in [5.41, 5.74) is 5.95. The van der Waals surface area contributed by atoms with E-state index in [1.165, 1.54) is 0 Å². The van der Waals surface area contributed by atoms with Crippen LogP contribution in [-0.4, -0.2) is 48.7 Å². The van der Waals surface area contributed by atoms with Gasteiger partial charge in [-0.25, -0.2) is 0 Å². The highest BCUT2D eigenvalue weighted by Crippen LogP contribution is 2.25. The molecule has 2 fully saturated rings. The maximum absolute atomic E-state index is 12.6. The Morgan fingerprint density at radius 3 is 2.37 bits per heavy atom. The van der Waals surface area contributed by atoms with Crippen LogP contribution < -0.4 is 5.73 Å². The fourth-order valence-electron chi connectivity index (χ4n) is 2.90. The predicted octanol–water partition coefficient (Wildman–Crippen LogP) is 1.20. The molecule has 0 aromatic carbocycles. The van der Waals surface area contributed by atoms with E-state index in [4.69, 9.17) is 5.73 Å². The highest BCUT2D eigenvalue weighted by molar-refractivity contribution is 7.86. The number of halogens is 1. The minimum absolute atomic E-state index is 0. The minimum atomic E-state index is -3.28. The second-order valence-corrected chi connectivity index (χ2v) is 7.63. The quantitative estimate of drug-likeness (QED) is 0.833. The highest BCUT2D eigenvalue weighted by Gasteiger charge is 2.37. The Bertz CT molecular complexity index is 390. The van der Waals surface area contributed by atoms with Gasteiger partial charge in [0.05, 0.1) is 0 Å². The van der Waals surface area contributed by atoms with Crippen LogP contribution in [0.3, 0.4) is 0 Å². The van der Waals surface area contributed by atoms with Crippen LogP contribution in [0.2, 0.25) is 0 Å². The Morgan fingerprint density at radius 1 is 1.11 bits per heavy atom. The largest absolute Gasteiger partial charge is 0.327 e. The average Bonchev–Trinajstić information content (AvgIpc) is 2.33. The smallest absolute Gasteiger partial charge is 0.282 e. The molecule has 2 aliphatic rings. The van der Waals surface area contributed by atoms with Gasteiger partial charge in [0, 0.05) is 31.7 Å². The summed E-state index contributed by atoms with van der Waals surface area (Å²) in [5.74, 6) is 0.244. The molecule has 5 nitrogen and oxygen atoms in total. The molecule has 0 aliphatic carbocycles. The van der Waals surface area contributed by atoms with Crippen molar-refractivity contribution in [3.8, 4) is 0 Å². The molecule has 2 aliphatic heterocycles. The van der Waals surface area contributed by atoms with Gasteiger partial charge < -0.3 is 5.73 Å². The first-order valence-corrected chi connectivity index (χ1v) is 8.35. The molecule has 0 spiro atoms. The fourth-order valence-corrected chi connectivity index (χ4v) is 4.87. The summed E-state index contributed by atoms with van der Waals surface area (Å²) in [4.78, 5) is 0. The minimum Gasteiger partial charge on any atom is -0.327 e. The van der Waals surface area contributed by atoms with Gasteiger partial charge in [-0.3, -0.25) is 0 Å². The normalized spacial score (nSPS) is 34.8. The van der Waals surface area contributed by atoms with E-state index in [1.54, 1.807) is 8.61 Å². The second-order valence-electron chi connectivity index (χ2n) is 5.75. The lowest BCUT2D eigenvalue weighted by Gasteiger charge is -2.40. The molecule has 114 valence electrons. The third-order valence-corrected chi connectivity index (χ3v) is 6.42. The van der Waals surface area contributed by atoms with Crippen LogP contribution in [0.1, 0.15) is 39.5 Å². The molecule has 0 bridgehead atoms. The number of piperidine rings is 2. The third kappa shape index (κ3) is 3.61. The van der Waals surface area contributed by atoms with E-state index in [-0.39, 0.29) is 30.4 Å². The van der Waals surface area contributed by atoms with Gasteiger partial charge in [-0.15, -0.1) is 12.4 Å². The summed E-state index contributed by atoms with van der Waals surface area (Å²) >= 11 is 0. The maximum Gasteiger partial charge on any atom is 0.282 e. The summed E-state index contributed by atoms with van der Waals surface area (Å²) < 4.78 is 28.5. The molecule has 19 heavy (non-hydrogen) atoms. The van der Waals surface area contributed by atoms with Crippen molar-refractivity contribution in [1.82, 2.24) is 8.61 Å². The molecular formula is C12H26ClN3O2S. The van der Waals surface area contributed by atoms with Crippen molar-refractivity contribution in [3.63, 3.8) is 0 Å². The summed E-state index contributed by atoms with van der Waals surface area (Å²) in [6.07, 6.45) is 3.85. The van der Waals surface area contributed by atoms with E-state index >= 15 is 0 Å². The zero-order chi connectivity index (χ0) is 13.3. The Balaban J connectivity index is 0.00000180. The Kier molecular flexibility index (Phi) is 6.07. The van der Waals surface area contributed by atoms with Gasteiger partial charge in [0.1, 0.15) is 0 Å². The molecule has 2 heterocycles. The molecule has 0 aromatic heterocycles. The predicted molar refractivity (Wildman–Crippen MR) is 79.5 cm³/mol. The van der Waals surface area contributed by atoms with Gasteiger partial charge in [0.25, 0.3) is 10.2 Å². The van der Waals surface area contributed by atoms with E-state index in [0.29, 0.717) is 19.6 Å². The molecule has 0 radical (unpaired) electrons. The van der Waals surface area contributed by atoms with Crippen molar-refractivity contribution in [1.29, 1.82) is 0 Å². The van der Waals surface area contributed by atoms with Crippen molar-refractivity contribution in [2.24, 2.45) is 11.7 Å². The molecular weight excluding hydrogens is 286 g/mol. The zero-order valence-electron chi connectivity index (χ0n) is 11.8. The van der Waals surface area contributed by atoms with Crippen molar-refractivity contribution in [2.75, 3.05) is 19.6 Å². The van der Waals surface area contributed by atoms with Crippen molar-refractivity contribution in [2.45, 2.75) is 51.6 Å². The maximum atomic E-state index is 12.6. The summed E-state index contributed by atoms with van der Waals surface area (Å²) in [7, 11) is -3.28. The topological polar surface area (TPSA) is 66.6 Å². The van der Waals surface area contributed by atoms with Gasteiger partial charge in [-0.1, -0.05) is 13.3 Å². The first-order valence-electron chi connectivity index (χ1n) is 6.95. The zero-order valence-corrected chi connectivity index (χ0v) is 13.4. The molecule has 0 amide bonds. The van der Waals surface area contributed by atoms with Crippen LogP contribution in [0.4, 0.5) is 0 Å². The molecule has 2 rings (SSSR count). The van der Waals surface area contributed by atoms with Gasteiger partial charge >= 0.3 is 0 Å². The van der Waals surface area contributed by atoms with Crippen LogP contribution in [0.25, 0.3) is 0 Å².